The van der Waals surface area contributed by atoms with Gasteiger partial charge in [-0.1, -0.05) is 6.07 Å². The van der Waals surface area contributed by atoms with Gasteiger partial charge in [-0.2, -0.15) is 16.6 Å². The molecule has 0 spiro atoms. The van der Waals surface area contributed by atoms with Crippen molar-refractivity contribution in [1.29, 1.82) is 5.26 Å². The molecule has 0 saturated carbocycles. The van der Waals surface area contributed by atoms with Crippen LogP contribution in [-0.2, 0) is 6.54 Å². The van der Waals surface area contributed by atoms with E-state index in [2.05, 4.69) is 16.4 Å². The van der Waals surface area contributed by atoms with Gasteiger partial charge in [0.15, 0.2) is 0 Å². The first-order valence-electron chi connectivity index (χ1n) is 4.95. The molecule has 3 nitrogen and oxygen atoms in total. The molecule has 4 heteroatoms. The lowest BCUT2D eigenvalue weighted by molar-refractivity contribution is 0.622. The maximum absolute atomic E-state index is 9.05. The second-order valence-corrected chi connectivity index (χ2v) is 4.10. The van der Waals surface area contributed by atoms with Gasteiger partial charge in [-0.3, -0.25) is 10.3 Å². The van der Waals surface area contributed by atoms with Crippen LogP contribution < -0.4 is 5.32 Å². The summed E-state index contributed by atoms with van der Waals surface area (Å²) >= 11 is 1.60. The van der Waals surface area contributed by atoms with E-state index in [0.717, 1.165) is 11.3 Å². The van der Waals surface area contributed by atoms with Gasteiger partial charge in [-0.05, 0) is 34.5 Å². The van der Waals surface area contributed by atoms with Crippen molar-refractivity contribution in [2.24, 2.45) is 0 Å². The van der Waals surface area contributed by atoms with Crippen LogP contribution in [0.25, 0.3) is 0 Å². The van der Waals surface area contributed by atoms with E-state index < -0.39 is 0 Å². The summed E-state index contributed by atoms with van der Waals surface area (Å²) in [6.45, 7) is 0.606. The number of hydrogen-bond donors (Lipinski definition) is 1. The fraction of sp³-hybridized carbons (Fsp3) is 0.167. The molecule has 0 aromatic carbocycles. The van der Waals surface area contributed by atoms with Crippen molar-refractivity contribution in [2.75, 3.05) is 0 Å². The van der Waals surface area contributed by atoms with Crippen molar-refractivity contribution in [2.45, 2.75) is 12.6 Å². The Morgan fingerprint density at radius 3 is 3.00 bits per heavy atom. The Labute approximate surface area is 98.4 Å². The Bertz CT molecular complexity index is 459. The zero-order chi connectivity index (χ0) is 11.2. The molecule has 0 fully saturated rings. The number of thiophene rings is 1. The molecule has 0 aliphatic rings. The number of rotatable bonds is 4. The number of hydrogen-bond acceptors (Lipinski definition) is 4. The minimum Gasteiger partial charge on any atom is -0.292 e. The first-order valence-corrected chi connectivity index (χ1v) is 5.89. The highest BCUT2D eigenvalue weighted by Gasteiger charge is 2.09. The summed E-state index contributed by atoms with van der Waals surface area (Å²) in [6, 6.07) is 9.71. The molecule has 1 unspecified atom stereocenters. The Balaban J connectivity index is 1.97. The minimum atomic E-state index is -0.256. The summed E-state index contributed by atoms with van der Waals surface area (Å²) in [7, 11) is 0. The first-order chi connectivity index (χ1) is 7.90. The van der Waals surface area contributed by atoms with Gasteiger partial charge in [0.05, 0.1) is 11.8 Å². The van der Waals surface area contributed by atoms with Gasteiger partial charge < -0.3 is 0 Å². The Kier molecular flexibility index (Phi) is 3.65. The van der Waals surface area contributed by atoms with Crippen LogP contribution in [0.4, 0.5) is 0 Å². The van der Waals surface area contributed by atoms with E-state index in [1.807, 2.05) is 35.0 Å². The molecule has 2 aromatic heterocycles. The summed E-state index contributed by atoms with van der Waals surface area (Å²) in [5, 5.41) is 16.2. The van der Waals surface area contributed by atoms with Gasteiger partial charge in [-0.15, -0.1) is 0 Å². The average Bonchev–Trinajstić information content (AvgIpc) is 2.85. The average molecular weight is 229 g/mol. The van der Waals surface area contributed by atoms with E-state index in [1.54, 1.807) is 17.5 Å². The van der Waals surface area contributed by atoms with Crippen molar-refractivity contribution in [3.05, 3.63) is 52.5 Å². The summed E-state index contributed by atoms with van der Waals surface area (Å²) < 4.78 is 0. The number of nitrogens with zero attached hydrogens (tertiary/aromatic N) is 2. The molecule has 1 atom stereocenters. The predicted octanol–water partition coefficient (Wildman–Crippen LogP) is 2.50. The van der Waals surface area contributed by atoms with Crippen LogP contribution in [0.2, 0.25) is 0 Å². The minimum absolute atomic E-state index is 0.256. The fourth-order valence-electron chi connectivity index (χ4n) is 1.39. The van der Waals surface area contributed by atoms with Gasteiger partial charge in [0.1, 0.15) is 6.04 Å². The molecule has 0 radical (unpaired) electrons. The lowest BCUT2D eigenvalue weighted by Gasteiger charge is -2.09. The SMILES string of the molecule is N#CC(NCc1ccccn1)c1ccsc1. The normalized spacial score (nSPS) is 11.9. The van der Waals surface area contributed by atoms with Gasteiger partial charge >= 0.3 is 0 Å². The highest BCUT2D eigenvalue weighted by molar-refractivity contribution is 7.08. The Morgan fingerprint density at radius 1 is 1.44 bits per heavy atom. The maximum Gasteiger partial charge on any atom is 0.122 e. The van der Waals surface area contributed by atoms with Crippen molar-refractivity contribution in [3.8, 4) is 6.07 Å². The van der Waals surface area contributed by atoms with Crippen LogP contribution in [-0.4, -0.2) is 4.98 Å². The number of nitrogens with one attached hydrogen (secondary N) is 1. The van der Waals surface area contributed by atoms with Gasteiger partial charge in [-0.25, -0.2) is 0 Å². The predicted molar refractivity (Wildman–Crippen MR) is 63.7 cm³/mol. The Morgan fingerprint density at radius 2 is 2.38 bits per heavy atom. The highest BCUT2D eigenvalue weighted by atomic mass is 32.1. The fourth-order valence-corrected chi connectivity index (χ4v) is 2.07. The van der Waals surface area contributed by atoms with E-state index in [1.165, 1.54) is 0 Å². The molecule has 1 N–H and O–H groups in total. The smallest absolute Gasteiger partial charge is 0.122 e. The van der Waals surface area contributed by atoms with Crippen molar-refractivity contribution >= 4 is 11.3 Å². The van der Waals surface area contributed by atoms with E-state index in [0.29, 0.717) is 6.54 Å². The van der Waals surface area contributed by atoms with Crippen LogP contribution in [0.1, 0.15) is 17.3 Å². The maximum atomic E-state index is 9.05. The molecule has 0 aliphatic heterocycles. The standard InChI is InChI=1S/C12H11N3S/c13-7-12(10-4-6-16-9-10)15-8-11-3-1-2-5-14-11/h1-6,9,12,15H,8H2. The highest BCUT2D eigenvalue weighted by Crippen LogP contribution is 2.15. The third-order valence-electron chi connectivity index (χ3n) is 2.22. The van der Waals surface area contributed by atoms with Crippen molar-refractivity contribution in [1.82, 2.24) is 10.3 Å². The molecule has 0 saturated heterocycles. The Hall–Kier alpha value is -1.70. The molecule has 2 rings (SSSR count). The second kappa shape index (κ2) is 5.40. The van der Waals surface area contributed by atoms with Crippen molar-refractivity contribution < 1.29 is 0 Å². The molecule has 80 valence electrons. The molecular formula is C12H11N3S. The zero-order valence-corrected chi connectivity index (χ0v) is 9.45. The summed E-state index contributed by atoms with van der Waals surface area (Å²) in [5.41, 5.74) is 1.96. The second-order valence-electron chi connectivity index (χ2n) is 3.32. The first kappa shape index (κ1) is 10.8. The number of pyridine rings is 1. The summed E-state index contributed by atoms with van der Waals surface area (Å²) in [4.78, 5) is 4.20. The monoisotopic (exact) mass is 229 g/mol. The zero-order valence-electron chi connectivity index (χ0n) is 8.63. The van der Waals surface area contributed by atoms with Gasteiger partial charge in [0.2, 0.25) is 0 Å². The number of aromatic nitrogens is 1. The molecule has 16 heavy (non-hydrogen) atoms. The lowest BCUT2D eigenvalue weighted by atomic mass is 10.2. The van der Waals surface area contributed by atoms with E-state index in [-0.39, 0.29) is 6.04 Å². The molecule has 2 heterocycles. The quantitative estimate of drug-likeness (QED) is 0.876. The largest absolute Gasteiger partial charge is 0.292 e. The van der Waals surface area contributed by atoms with E-state index >= 15 is 0 Å². The molecule has 0 bridgehead atoms. The lowest BCUT2D eigenvalue weighted by Crippen LogP contribution is -2.19. The third kappa shape index (κ3) is 2.66. The van der Waals surface area contributed by atoms with Crippen LogP contribution >= 0.6 is 11.3 Å². The number of nitriles is 1. The van der Waals surface area contributed by atoms with Crippen LogP contribution in [0, 0.1) is 11.3 Å². The topological polar surface area (TPSA) is 48.7 Å². The van der Waals surface area contributed by atoms with Gasteiger partial charge in [0.25, 0.3) is 0 Å². The summed E-state index contributed by atoms with van der Waals surface area (Å²) in [6.07, 6.45) is 1.75. The molecule has 0 amide bonds. The molecule has 0 aliphatic carbocycles. The van der Waals surface area contributed by atoms with E-state index in [9.17, 15) is 0 Å². The van der Waals surface area contributed by atoms with Gasteiger partial charge in [0, 0.05) is 12.7 Å². The molecular weight excluding hydrogens is 218 g/mol. The van der Waals surface area contributed by atoms with Crippen molar-refractivity contribution in [3.63, 3.8) is 0 Å². The summed E-state index contributed by atoms with van der Waals surface area (Å²) in [5.74, 6) is 0. The van der Waals surface area contributed by atoms with Crippen LogP contribution in [0.15, 0.2) is 41.2 Å². The van der Waals surface area contributed by atoms with E-state index in [4.69, 9.17) is 5.26 Å². The third-order valence-corrected chi connectivity index (χ3v) is 2.92. The molecule has 2 aromatic rings. The van der Waals surface area contributed by atoms with Crippen LogP contribution in [0.3, 0.4) is 0 Å². The van der Waals surface area contributed by atoms with Crippen LogP contribution in [0.5, 0.6) is 0 Å².